The van der Waals surface area contributed by atoms with Crippen molar-refractivity contribution in [1.82, 2.24) is 20.3 Å². The Morgan fingerprint density at radius 2 is 1.85 bits per heavy atom. The summed E-state index contributed by atoms with van der Waals surface area (Å²) in [6, 6.07) is 15.7. The van der Waals surface area contributed by atoms with E-state index in [1.165, 1.54) is 35.2 Å². The Morgan fingerprint density at radius 1 is 1.07 bits per heavy atom. The maximum Gasteiger partial charge on any atom is 0.240 e. The van der Waals surface area contributed by atoms with Gasteiger partial charge < -0.3 is 9.84 Å². The molecule has 0 fully saturated rings. The van der Waals surface area contributed by atoms with Gasteiger partial charge in [-0.1, -0.05) is 58.6 Å². The summed E-state index contributed by atoms with van der Waals surface area (Å²) in [5.41, 5.74) is 1.66. The van der Waals surface area contributed by atoms with Gasteiger partial charge in [0, 0.05) is 11.3 Å². The summed E-state index contributed by atoms with van der Waals surface area (Å²) >= 11 is 2.89. The number of hydrogen-bond acceptors (Lipinski definition) is 8. The molecule has 4 aromatic rings. The summed E-state index contributed by atoms with van der Waals surface area (Å²) in [6.07, 6.45) is 0. The van der Waals surface area contributed by atoms with Crippen molar-refractivity contribution in [3.8, 4) is 11.4 Å². The van der Waals surface area contributed by atoms with Gasteiger partial charge in [-0.2, -0.15) is 4.98 Å². The number of aromatic nitrogens is 4. The first-order valence-corrected chi connectivity index (χ1v) is 9.79. The summed E-state index contributed by atoms with van der Waals surface area (Å²) in [4.78, 5) is 4.47. The van der Waals surface area contributed by atoms with Gasteiger partial charge in [-0.05, 0) is 31.2 Å². The van der Waals surface area contributed by atoms with Gasteiger partial charge in [0.2, 0.25) is 16.8 Å². The molecule has 0 radical (unpaired) electrons. The largest absolute Gasteiger partial charge is 0.338 e. The molecule has 0 spiro atoms. The minimum atomic E-state index is -0.280. The molecule has 6 nitrogen and oxygen atoms in total. The van der Waals surface area contributed by atoms with Crippen LogP contribution in [0, 0.1) is 5.82 Å². The Labute approximate surface area is 162 Å². The standard InChI is InChI=1S/C18H14FN5OS2/c1-11(16-21-15(24-25-16)12-5-3-2-4-6-12)26-18-23-22-17(27-18)20-14-9-7-13(19)8-10-14/h2-11H,1H3,(H,20,22)/t11-/m1/s1. The number of nitrogens with one attached hydrogen (secondary N) is 1. The van der Waals surface area contributed by atoms with Gasteiger partial charge in [0.1, 0.15) is 5.82 Å². The molecule has 1 atom stereocenters. The number of nitrogens with zero attached hydrogens (tertiary/aromatic N) is 4. The minimum absolute atomic E-state index is 0.0680. The lowest BCUT2D eigenvalue weighted by Gasteiger charge is -2.02. The van der Waals surface area contributed by atoms with Crippen LogP contribution in [0.1, 0.15) is 18.1 Å². The third kappa shape index (κ3) is 4.32. The van der Waals surface area contributed by atoms with Crippen LogP contribution in [-0.4, -0.2) is 20.3 Å². The van der Waals surface area contributed by atoms with Crippen LogP contribution >= 0.6 is 23.1 Å². The zero-order valence-electron chi connectivity index (χ0n) is 14.2. The number of anilines is 2. The van der Waals surface area contributed by atoms with Gasteiger partial charge in [0.15, 0.2) is 4.34 Å². The van der Waals surface area contributed by atoms with Crippen LogP contribution in [0.2, 0.25) is 0 Å². The second-order valence-corrected chi connectivity index (χ2v) is 8.15. The van der Waals surface area contributed by atoms with E-state index in [1.54, 1.807) is 12.1 Å². The van der Waals surface area contributed by atoms with Crippen molar-refractivity contribution in [2.45, 2.75) is 16.5 Å². The fourth-order valence-corrected chi connectivity index (χ4v) is 4.22. The molecule has 0 unspecified atom stereocenters. The van der Waals surface area contributed by atoms with Crippen LogP contribution in [0.4, 0.5) is 15.2 Å². The molecule has 1 N–H and O–H groups in total. The lowest BCUT2D eigenvalue weighted by Crippen LogP contribution is -1.89. The summed E-state index contributed by atoms with van der Waals surface area (Å²) in [6.45, 7) is 1.97. The fourth-order valence-electron chi connectivity index (χ4n) is 2.27. The van der Waals surface area contributed by atoms with Crippen LogP contribution in [0.25, 0.3) is 11.4 Å². The third-order valence-electron chi connectivity index (χ3n) is 3.60. The predicted molar refractivity (Wildman–Crippen MR) is 104 cm³/mol. The van der Waals surface area contributed by atoms with Crippen LogP contribution in [0.5, 0.6) is 0 Å². The molecule has 136 valence electrons. The Kier molecular flexibility index (Phi) is 5.12. The molecule has 4 rings (SSSR count). The number of thioether (sulfide) groups is 1. The molecule has 0 aliphatic heterocycles. The summed E-state index contributed by atoms with van der Waals surface area (Å²) < 4.78 is 19.1. The molecule has 0 bridgehead atoms. The average Bonchev–Trinajstić information content (AvgIpc) is 3.34. The van der Waals surface area contributed by atoms with Crippen molar-refractivity contribution in [1.29, 1.82) is 0 Å². The van der Waals surface area contributed by atoms with E-state index in [1.807, 2.05) is 37.3 Å². The van der Waals surface area contributed by atoms with E-state index in [0.717, 1.165) is 15.6 Å². The molecule has 27 heavy (non-hydrogen) atoms. The monoisotopic (exact) mass is 399 g/mol. The van der Waals surface area contributed by atoms with E-state index in [0.29, 0.717) is 16.8 Å². The smallest absolute Gasteiger partial charge is 0.240 e. The van der Waals surface area contributed by atoms with Crippen molar-refractivity contribution in [2.24, 2.45) is 0 Å². The number of rotatable bonds is 6. The number of hydrogen-bond donors (Lipinski definition) is 1. The Bertz CT molecular complexity index is 1020. The first-order valence-electron chi connectivity index (χ1n) is 8.09. The van der Waals surface area contributed by atoms with Gasteiger partial charge >= 0.3 is 0 Å². The van der Waals surface area contributed by atoms with Gasteiger partial charge in [-0.15, -0.1) is 10.2 Å². The molecular weight excluding hydrogens is 385 g/mol. The van der Waals surface area contributed by atoms with Gasteiger partial charge in [-0.3, -0.25) is 0 Å². The van der Waals surface area contributed by atoms with E-state index in [4.69, 9.17) is 4.52 Å². The van der Waals surface area contributed by atoms with Crippen molar-refractivity contribution in [3.63, 3.8) is 0 Å². The highest BCUT2D eigenvalue weighted by Gasteiger charge is 2.18. The zero-order valence-corrected chi connectivity index (χ0v) is 15.8. The third-order valence-corrected chi connectivity index (χ3v) is 5.61. The highest BCUT2D eigenvalue weighted by molar-refractivity contribution is 8.01. The maximum atomic E-state index is 13.0. The zero-order chi connectivity index (χ0) is 18.6. The van der Waals surface area contributed by atoms with Crippen molar-refractivity contribution >= 4 is 33.9 Å². The molecular formula is C18H14FN5OS2. The topological polar surface area (TPSA) is 76.7 Å². The molecule has 0 amide bonds. The van der Waals surface area contributed by atoms with Gasteiger partial charge in [-0.25, -0.2) is 4.39 Å². The quantitative estimate of drug-likeness (QED) is 0.439. The molecule has 2 aromatic heterocycles. The molecule has 0 aliphatic rings. The number of halogens is 1. The van der Waals surface area contributed by atoms with Crippen molar-refractivity contribution in [2.75, 3.05) is 5.32 Å². The number of benzene rings is 2. The van der Waals surface area contributed by atoms with E-state index >= 15 is 0 Å². The highest BCUT2D eigenvalue weighted by atomic mass is 32.2. The lowest BCUT2D eigenvalue weighted by atomic mass is 10.2. The van der Waals surface area contributed by atoms with E-state index in [9.17, 15) is 4.39 Å². The van der Waals surface area contributed by atoms with Crippen LogP contribution in [0.3, 0.4) is 0 Å². The first kappa shape index (κ1) is 17.6. The normalized spacial score (nSPS) is 12.1. The molecule has 2 aromatic carbocycles. The van der Waals surface area contributed by atoms with E-state index in [2.05, 4.69) is 25.7 Å². The molecule has 0 saturated heterocycles. The fraction of sp³-hybridized carbons (Fsp3) is 0.111. The van der Waals surface area contributed by atoms with Crippen LogP contribution < -0.4 is 5.32 Å². The van der Waals surface area contributed by atoms with Gasteiger partial charge in [0.25, 0.3) is 0 Å². The summed E-state index contributed by atoms with van der Waals surface area (Å²) in [5.74, 6) is 0.813. The molecule has 0 saturated carbocycles. The van der Waals surface area contributed by atoms with Crippen molar-refractivity contribution in [3.05, 3.63) is 66.3 Å². The second kappa shape index (κ2) is 7.85. The highest BCUT2D eigenvalue weighted by Crippen LogP contribution is 2.37. The Morgan fingerprint density at radius 3 is 2.63 bits per heavy atom. The van der Waals surface area contributed by atoms with E-state index in [-0.39, 0.29) is 11.1 Å². The Hall–Kier alpha value is -2.78. The van der Waals surface area contributed by atoms with Gasteiger partial charge in [0.05, 0.1) is 5.25 Å². The van der Waals surface area contributed by atoms with Crippen LogP contribution in [-0.2, 0) is 0 Å². The average molecular weight is 399 g/mol. The second-order valence-electron chi connectivity index (χ2n) is 5.59. The summed E-state index contributed by atoms with van der Waals surface area (Å²) in [7, 11) is 0. The maximum absolute atomic E-state index is 13.0. The van der Waals surface area contributed by atoms with E-state index < -0.39 is 0 Å². The molecule has 2 heterocycles. The first-order chi connectivity index (χ1) is 13.2. The Balaban J connectivity index is 1.41. The SMILES string of the molecule is C[C@@H](Sc1nnc(Nc2ccc(F)cc2)s1)c1nc(-c2ccccc2)no1. The summed E-state index contributed by atoms with van der Waals surface area (Å²) in [5, 5.41) is 16.0. The predicted octanol–water partition coefficient (Wildman–Crippen LogP) is 5.32. The van der Waals surface area contributed by atoms with Crippen LogP contribution in [0.15, 0.2) is 63.5 Å². The minimum Gasteiger partial charge on any atom is -0.338 e. The lowest BCUT2D eigenvalue weighted by molar-refractivity contribution is 0.381. The molecule has 9 heteroatoms. The molecule has 0 aliphatic carbocycles. The van der Waals surface area contributed by atoms with Crippen molar-refractivity contribution < 1.29 is 8.91 Å².